The maximum atomic E-state index is 12.8. The first-order valence-corrected chi connectivity index (χ1v) is 6.79. The molecule has 2 rings (SSSR count). The molecule has 1 saturated heterocycles. The second-order valence-electron chi connectivity index (χ2n) is 5.00. The van der Waals surface area contributed by atoms with Gasteiger partial charge in [0.15, 0.2) is 0 Å². The number of hydrogen-bond acceptors (Lipinski definition) is 3. The fourth-order valence-corrected chi connectivity index (χ4v) is 2.50. The lowest BCUT2D eigenvalue weighted by Crippen LogP contribution is -2.43. The number of piperidine rings is 1. The molecule has 18 heavy (non-hydrogen) atoms. The second-order valence-corrected chi connectivity index (χ2v) is 5.00. The number of pyridine rings is 1. The summed E-state index contributed by atoms with van der Waals surface area (Å²) in [5, 5.41) is 3.59. The Hall–Kier alpha value is -1.00. The van der Waals surface area contributed by atoms with E-state index in [1.54, 1.807) is 6.07 Å². The average Bonchev–Trinajstić information content (AvgIpc) is 2.40. The van der Waals surface area contributed by atoms with E-state index in [1.165, 1.54) is 25.1 Å². The topological polar surface area (TPSA) is 28.2 Å². The van der Waals surface area contributed by atoms with Gasteiger partial charge in [-0.15, -0.1) is 0 Å². The molecule has 0 radical (unpaired) electrons. The van der Waals surface area contributed by atoms with Crippen LogP contribution in [0.4, 0.5) is 4.39 Å². The molecular formula is C14H22FN3. The van der Waals surface area contributed by atoms with E-state index < -0.39 is 0 Å². The lowest BCUT2D eigenvalue weighted by Gasteiger charge is -2.33. The highest BCUT2D eigenvalue weighted by Gasteiger charge is 2.20. The molecule has 100 valence electrons. The third kappa shape index (κ3) is 3.50. The van der Waals surface area contributed by atoms with Gasteiger partial charge in [-0.3, -0.25) is 4.98 Å². The molecule has 3 nitrogen and oxygen atoms in total. The number of nitrogens with zero attached hydrogens (tertiary/aromatic N) is 2. The fraction of sp³-hybridized carbons (Fsp3) is 0.643. The summed E-state index contributed by atoms with van der Waals surface area (Å²) in [6.07, 6.45) is 3.64. The van der Waals surface area contributed by atoms with Gasteiger partial charge in [0.05, 0.1) is 11.9 Å². The van der Waals surface area contributed by atoms with Crippen molar-refractivity contribution in [3.05, 3.63) is 29.8 Å². The Morgan fingerprint density at radius 1 is 1.44 bits per heavy atom. The van der Waals surface area contributed by atoms with Gasteiger partial charge in [-0.25, -0.2) is 4.39 Å². The van der Waals surface area contributed by atoms with Crippen LogP contribution in [-0.2, 0) is 0 Å². The van der Waals surface area contributed by atoms with Crippen LogP contribution in [0.1, 0.15) is 38.4 Å². The maximum Gasteiger partial charge on any atom is 0.141 e. The Kier molecular flexibility index (Phi) is 4.66. The third-order valence-electron chi connectivity index (χ3n) is 3.71. The van der Waals surface area contributed by atoms with Crippen molar-refractivity contribution in [3.8, 4) is 0 Å². The van der Waals surface area contributed by atoms with Crippen molar-refractivity contribution in [2.24, 2.45) is 0 Å². The Bertz CT molecular complexity index is 358. The fourth-order valence-electron chi connectivity index (χ4n) is 2.50. The molecule has 1 atom stereocenters. The van der Waals surface area contributed by atoms with Gasteiger partial charge in [-0.1, -0.05) is 6.92 Å². The van der Waals surface area contributed by atoms with Crippen molar-refractivity contribution in [2.45, 2.75) is 38.8 Å². The Morgan fingerprint density at radius 2 is 2.17 bits per heavy atom. The molecule has 1 aromatic heterocycles. The predicted molar refractivity (Wildman–Crippen MR) is 70.9 cm³/mol. The van der Waals surface area contributed by atoms with Crippen molar-refractivity contribution < 1.29 is 4.39 Å². The van der Waals surface area contributed by atoms with Crippen molar-refractivity contribution in [3.63, 3.8) is 0 Å². The molecule has 1 aromatic rings. The summed E-state index contributed by atoms with van der Waals surface area (Å²) < 4.78 is 12.8. The lowest BCUT2D eigenvalue weighted by atomic mass is 10.0. The first kappa shape index (κ1) is 13.4. The van der Waals surface area contributed by atoms with Gasteiger partial charge in [0.1, 0.15) is 5.82 Å². The highest BCUT2D eigenvalue weighted by molar-refractivity contribution is 5.09. The van der Waals surface area contributed by atoms with Crippen molar-refractivity contribution in [2.75, 3.05) is 19.6 Å². The summed E-state index contributed by atoms with van der Waals surface area (Å²) in [4.78, 5) is 6.60. The molecule has 1 aliphatic rings. The zero-order chi connectivity index (χ0) is 13.0. The molecule has 1 fully saturated rings. The van der Waals surface area contributed by atoms with Crippen LogP contribution in [-0.4, -0.2) is 35.6 Å². The molecule has 0 saturated carbocycles. The van der Waals surface area contributed by atoms with Crippen LogP contribution in [0.5, 0.6) is 0 Å². The molecule has 0 aliphatic carbocycles. The normalized spacial score (nSPS) is 19.9. The van der Waals surface area contributed by atoms with Crippen LogP contribution < -0.4 is 5.32 Å². The molecule has 2 heterocycles. The SMILES string of the molecule is CCN1CCC(N[C@H](C)c2ccc(F)cn2)CC1. The molecule has 0 bridgehead atoms. The minimum absolute atomic E-state index is 0.184. The summed E-state index contributed by atoms with van der Waals surface area (Å²) in [5.74, 6) is -0.276. The van der Waals surface area contributed by atoms with Crippen LogP contribution in [0, 0.1) is 5.82 Å². The first-order valence-electron chi connectivity index (χ1n) is 6.79. The third-order valence-corrected chi connectivity index (χ3v) is 3.71. The molecule has 1 aliphatic heterocycles. The maximum absolute atomic E-state index is 12.8. The first-order chi connectivity index (χ1) is 8.69. The highest BCUT2D eigenvalue weighted by atomic mass is 19.1. The molecule has 0 spiro atoms. The average molecular weight is 251 g/mol. The van der Waals surface area contributed by atoms with Crippen molar-refractivity contribution in [1.82, 2.24) is 15.2 Å². The van der Waals surface area contributed by atoms with Crippen molar-refractivity contribution in [1.29, 1.82) is 0 Å². The minimum atomic E-state index is -0.276. The van der Waals surface area contributed by atoms with E-state index in [1.807, 2.05) is 0 Å². The van der Waals surface area contributed by atoms with Gasteiger partial charge < -0.3 is 10.2 Å². The van der Waals surface area contributed by atoms with Gasteiger partial charge in [0, 0.05) is 12.1 Å². The number of rotatable bonds is 4. The number of halogens is 1. The number of hydrogen-bond donors (Lipinski definition) is 1. The summed E-state index contributed by atoms with van der Waals surface area (Å²) in [6.45, 7) is 7.77. The molecular weight excluding hydrogens is 229 g/mol. The summed E-state index contributed by atoms with van der Waals surface area (Å²) >= 11 is 0. The number of likely N-dealkylation sites (tertiary alicyclic amines) is 1. The smallest absolute Gasteiger partial charge is 0.141 e. The van der Waals surface area contributed by atoms with E-state index in [2.05, 4.69) is 29.0 Å². The zero-order valence-electron chi connectivity index (χ0n) is 11.2. The van der Waals surface area contributed by atoms with E-state index >= 15 is 0 Å². The van der Waals surface area contributed by atoms with E-state index in [0.717, 1.165) is 25.3 Å². The minimum Gasteiger partial charge on any atom is -0.306 e. The predicted octanol–water partition coefficient (Wildman–Crippen LogP) is 2.36. The Labute approximate surface area is 108 Å². The van der Waals surface area contributed by atoms with E-state index in [-0.39, 0.29) is 11.9 Å². The Balaban J connectivity index is 1.84. The van der Waals surface area contributed by atoms with Crippen LogP contribution in [0.3, 0.4) is 0 Å². The summed E-state index contributed by atoms with van der Waals surface area (Å²) in [6, 6.07) is 3.97. The molecule has 4 heteroatoms. The van der Waals surface area contributed by atoms with Gasteiger partial charge in [-0.2, -0.15) is 0 Å². The largest absolute Gasteiger partial charge is 0.306 e. The lowest BCUT2D eigenvalue weighted by molar-refractivity contribution is 0.200. The Morgan fingerprint density at radius 3 is 2.72 bits per heavy atom. The van der Waals surface area contributed by atoms with E-state index in [9.17, 15) is 4.39 Å². The molecule has 0 aromatic carbocycles. The van der Waals surface area contributed by atoms with Crippen LogP contribution >= 0.6 is 0 Å². The zero-order valence-corrected chi connectivity index (χ0v) is 11.2. The molecule has 0 amide bonds. The van der Waals surface area contributed by atoms with Crippen molar-refractivity contribution >= 4 is 0 Å². The van der Waals surface area contributed by atoms with Gasteiger partial charge >= 0.3 is 0 Å². The number of nitrogens with one attached hydrogen (secondary N) is 1. The second kappa shape index (κ2) is 6.25. The highest BCUT2D eigenvalue weighted by Crippen LogP contribution is 2.16. The summed E-state index contributed by atoms with van der Waals surface area (Å²) in [5.41, 5.74) is 0.911. The van der Waals surface area contributed by atoms with E-state index in [0.29, 0.717) is 6.04 Å². The van der Waals surface area contributed by atoms with Gasteiger partial charge in [0.2, 0.25) is 0 Å². The van der Waals surface area contributed by atoms with Crippen LogP contribution in [0.25, 0.3) is 0 Å². The van der Waals surface area contributed by atoms with Gasteiger partial charge in [0.25, 0.3) is 0 Å². The van der Waals surface area contributed by atoms with E-state index in [4.69, 9.17) is 0 Å². The van der Waals surface area contributed by atoms with Gasteiger partial charge in [-0.05, 0) is 51.5 Å². The molecule has 1 N–H and O–H groups in total. The standard InChI is InChI=1S/C14H22FN3/c1-3-18-8-6-13(7-9-18)17-11(2)14-5-4-12(15)10-16-14/h4-5,10-11,13,17H,3,6-9H2,1-2H3/t11-/m1/s1. The van der Waals surface area contributed by atoms with Crippen LogP contribution in [0.2, 0.25) is 0 Å². The molecule has 0 unspecified atom stereocenters. The summed E-state index contributed by atoms with van der Waals surface area (Å²) in [7, 11) is 0. The number of aromatic nitrogens is 1. The van der Waals surface area contributed by atoms with Crippen LogP contribution in [0.15, 0.2) is 18.3 Å². The quantitative estimate of drug-likeness (QED) is 0.890. The monoisotopic (exact) mass is 251 g/mol.